The van der Waals surface area contributed by atoms with Crippen LogP contribution in [-0.2, 0) is 11.2 Å². The maximum absolute atomic E-state index is 12.7. The van der Waals surface area contributed by atoms with Gasteiger partial charge in [-0.3, -0.25) is 4.79 Å². The molecule has 0 saturated carbocycles. The number of halogens is 1. The molecule has 1 fully saturated rings. The van der Waals surface area contributed by atoms with E-state index < -0.39 is 0 Å². The Morgan fingerprint density at radius 1 is 1.30 bits per heavy atom. The normalized spacial score (nSPS) is 18.3. The summed E-state index contributed by atoms with van der Waals surface area (Å²) < 4.78 is 0. The monoisotopic (exact) mass is 330 g/mol. The summed E-state index contributed by atoms with van der Waals surface area (Å²) in [5.74, 6) is 0.743. The van der Waals surface area contributed by atoms with Gasteiger partial charge in [-0.05, 0) is 60.2 Å². The quantitative estimate of drug-likeness (QED) is 0.930. The van der Waals surface area contributed by atoms with E-state index in [4.69, 9.17) is 17.3 Å². The van der Waals surface area contributed by atoms with Gasteiger partial charge in [0.2, 0.25) is 5.91 Å². The predicted octanol–water partition coefficient (Wildman–Crippen LogP) is 3.62. The average molecular weight is 331 g/mol. The zero-order valence-electron chi connectivity index (χ0n) is 13.3. The van der Waals surface area contributed by atoms with Crippen LogP contribution in [0.4, 0.5) is 0 Å². The van der Waals surface area contributed by atoms with Crippen molar-refractivity contribution in [1.82, 2.24) is 4.90 Å². The molecule has 2 aromatic rings. The lowest BCUT2D eigenvalue weighted by molar-refractivity contribution is -0.132. The zero-order chi connectivity index (χ0) is 16.2. The first-order valence-corrected chi connectivity index (χ1v) is 8.70. The topological polar surface area (TPSA) is 46.3 Å². The molecule has 23 heavy (non-hydrogen) atoms. The van der Waals surface area contributed by atoms with Crippen LogP contribution in [0.3, 0.4) is 0 Å². The average Bonchev–Trinajstić information content (AvgIpc) is 2.55. The summed E-state index contributed by atoms with van der Waals surface area (Å²) in [6, 6.07) is 12.0. The van der Waals surface area contributed by atoms with E-state index in [-0.39, 0.29) is 5.91 Å². The number of benzene rings is 2. The van der Waals surface area contributed by atoms with Gasteiger partial charge in [0.1, 0.15) is 0 Å². The molecule has 3 nitrogen and oxygen atoms in total. The molecule has 0 aromatic heterocycles. The summed E-state index contributed by atoms with van der Waals surface area (Å²) in [4.78, 5) is 14.7. The standard InChI is InChI=1S/C19H23ClN2O/c20-17-10-15-5-1-2-6-18(15)16(11-17)12-19(23)22-9-3-4-14(13-22)7-8-21/h1-2,5-6,10-11,14H,3-4,7-9,12-13,21H2. The van der Waals surface area contributed by atoms with E-state index in [9.17, 15) is 4.79 Å². The van der Waals surface area contributed by atoms with Crippen LogP contribution in [0, 0.1) is 5.92 Å². The van der Waals surface area contributed by atoms with Gasteiger partial charge in [0.25, 0.3) is 0 Å². The van der Waals surface area contributed by atoms with Crippen molar-refractivity contribution in [3.63, 3.8) is 0 Å². The van der Waals surface area contributed by atoms with E-state index in [1.54, 1.807) is 0 Å². The first-order chi connectivity index (χ1) is 11.2. The SMILES string of the molecule is NCCC1CCCN(C(=O)Cc2cc(Cl)cc3ccccc23)C1. The van der Waals surface area contributed by atoms with E-state index in [1.807, 2.05) is 35.2 Å². The van der Waals surface area contributed by atoms with Crippen LogP contribution in [0.1, 0.15) is 24.8 Å². The molecule has 2 aromatic carbocycles. The molecule has 2 N–H and O–H groups in total. The second kappa shape index (κ2) is 7.33. The number of rotatable bonds is 4. The second-order valence-electron chi connectivity index (χ2n) is 6.39. The third-order valence-corrected chi connectivity index (χ3v) is 4.92. The molecule has 1 aliphatic rings. The Morgan fingerprint density at radius 2 is 2.13 bits per heavy atom. The predicted molar refractivity (Wildman–Crippen MR) is 95.6 cm³/mol. The van der Waals surface area contributed by atoms with E-state index >= 15 is 0 Å². The maximum Gasteiger partial charge on any atom is 0.227 e. The molecule has 0 spiro atoms. The molecule has 1 amide bonds. The van der Waals surface area contributed by atoms with Crippen molar-refractivity contribution in [2.75, 3.05) is 19.6 Å². The summed E-state index contributed by atoms with van der Waals surface area (Å²) >= 11 is 6.22. The van der Waals surface area contributed by atoms with Crippen molar-refractivity contribution < 1.29 is 4.79 Å². The van der Waals surface area contributed by atoms with E-state index in [0.717, 1.165) is 42.3 Å². The molecule has 1 saturated heterocycles. The number of hydrogen-bond donors (Lipinski definition) is 1. The Morgan fingerprint density at radius 3 is 2.96 bits per heavy atom. The highest BCUT2D eigenvalue weighted by Crippen LogP contribution is 2.26. The smallest absolute Gasteiger partial charge is 0.227 e. The highest BCUT2D eigenvalue weighted by Gasteiger charge is 2.23. The summed E-state index contributed by atoms with van der Waals surface area (Å²) in [7, 11) is 0. The van der Waals surface area contributed by atoms with Crippen molar-refractivity contribution in [2.24, 2.45) is 11.7 Å². The van der Waals surface area contributed by atoms with Crippen LogP contribution in [0.15, 0.2) is 36.4 Å². The van der Waals surface area contributed by atoms with Crippen molar-refractivity contribution in [2.45, 2.75) is 25.7 Å². The van der Waals surface area contributed by atoms with Crippen LogP contribution in [-0.4, -0.2) is 30.4 Å². The van der Waals surface area contributed by atoms with Crippen LogP contribution < -0.4 is 5.73 Å². The number of likely N-dealkylation sites (tertiary alicyclic amines) is 1. The van der Waals surface area contributed by atoms with Crippen LogP contribution in [0.2, 0.25) is 5.02 Å². The largest absolute Gasteiger partial charge is 0.342 e. The van der Waals surface area contributed by atoms with Crippen molar-refractivity contribution >= 4 is 28.3 Å². The van der Waals surface area contributed by atoms with E-state index in [0.29, 0.717) is 23.9 Å². The number of amides is 1. The van der Waals surface area contributed by atoms with Gasteiger partial charge >= 0.3 is 0 Å². The number of carbonyl (C=O) groups excluding carboxylic acids is 1. The molecule has 122 valence electrons. The molecule has 0 aliphatic carbocycles. The summed E-state index contributed by atoms with van der Waals surface area (Å²) in [5, 5.41) is 2.88. The summed E-state index contributed by atoms with van der Waals surface area (Å²) in [6.45, 7) is 2.40. The molecular weight excluding hydrogens is 308 g/mol. The Labute approximate surface area is 142 Å². The Balaban J connectivity index is 1.77. The van der Waals surface area contributed by atoms with Crippen LogP contribution >= 0.6 is 11.6 Å². The highest BCUT2D eigenvalue weighted by molar-refractivity contribution is 6.31. The fourth-order valence-electron chi connectivity index (χ4n) is 3.53. The molecule has 4 heteroatoms. The minimum absolute atomic E-state index is 0.194. The van der Waals surface area contributed by atoms with E-state index in [2.05, 4.69) is 6.07 Å². The number of nitrogens with zero attached hydrogens (tertiary/aromatic N) is 1. The molecular formula is C19H23ClN2O. The Hall–Kier alpha value is -1.58. The fourth-order valence-corrected chi connectivity index (χ4v) is 3.78. The Bertz CT molecular complexity index is 699. The van der Waals surface area contributed by atoms with Gasteiger partial charge in [-0.25, -0.2) is 0 Å². The lowest BCUT2D eigenvalue weighted by Crippen LogP contribution is -2.41. The van der Waals surface area contributed by atoms with Gasteiger partial charge < -0.3 is 10.6 Å². The molecule has 1 heterocycles. The maximum atomic E-state index is 12.7. The van der Waals surface area contributed by atoms with Gasteiger partial charge in [0, 0.05) is 18.1 Å². The summed E-state index contributed by atoms with van der Waals surface area (Å²) in [5.41, 5.74) is 6.68. The number of hydrogen-bond acceptors (Lipinski definition) is 2. The number of carbonyl (C=O) groups is 1. The number of fused-ring (bicyclic) bond motifs is 1. The first-order valence-electron chi connectivity index (χ1n) is 8.32. The van der Waals surface area contributed by atoms with E-state index in [1.165, 1.54) is 6.42 Å². The van der Waals surface area contributed by atoms with Gasteiger partial charge in [-0.1, -0.05) is 35.9 Å². The van der Waals surface area contributed by atoms with Crippen LogP contribution in [0.5, 0.6) is 0 Å². The van der Waals surface area contributed by atoms with Gasteiger partial charge in [-0.2, -0.15) is 0 Å². The molecule has 0 radical (unpaired) electrons. The molecule has 1 aliphatic heterocycles. The molecule has 3 rings (SSSR count). The lowest BCUT2D eigenvalue weighted by atomic mass is 9.94. The summed E-state index contributed by atoms with van der Waals surface area (Å²) in [6.07, 6.45) is 3.67. The highest BCUT2D eigenvalue weighted by atomic mass is 35.5. The van der Waals surface area contributed by atoms with Crippen molar-refractivity contribution in [3.8, 4) is 0 Å². The molecule has 0 bridgehead atoms. The number of piperidine rings is 1. The van der Waals surface area contributed by atoms with Crippen molar-refractivity contribution in [3.05, 3.63) is 47.0 Å². The van der Waals surface area contributed by atoms with Gasteiger partial charge in [0.05, 0.1) is 6.42 Å². The minimum atomic E-state index is 0.194. The molecule has 1 unspecified atom stereocenters. The second-order valence-corrected chi connectivity index (χ2v) is 6.82. The van der Waals surface area contributed by atoms with Gasteiger partial charge in [-0.15, -0.1) is 0 Å². The van der Waals surface area contributed by atoms with Crippen LogP contribution in [0.25, 0.3) is 10.8 Å². The van der Waals surface area contributed by atoms with Crippen molar-refractivity contribution in [1.29, 1.82) is 0 Å². The lowest BCUT2D eigenvalue weighted by Gasteiger charge is -2.33. The number of nitrogens with two attached hydrogens (primary N) is 1. The fraction of sp³-hybridized carbons (Fsp3) is 0.421. The Kier molecular flexibility index (Phi) is 5.19. The first kappa shape index (κ1) is 16.3. The molecule has 1 atom stereocenters. The van der Waals surface area contributed by atoms with Gasteiger partial charge in [0.15, 0.2) is 0 Å². The third kappa shape index (κ3) is 3.85. The minimum Gasteiger partial charge on any atom is -0.342 e. The third-order valence-electron chi connectivity index (χ3n) is 4.70. The zero-order valence-corrected chi connectivity index (χ0v) is 14.1.